The van der Waals surface area contributed by atoms with Gasteiger partial charge in [0.1, 0.15) is 10.7 Å². The van der Waals surface area contributed by atoms with Crippen LogP contribution in [0.3, 0.4) is 0 Å². The van der Waals surface area contributed by atoms with E-state index in [-0.39, 0.29) is 0 Å². The van der Waals surface area contributed by atoms with Crippen molar-refractivity contribution in [2.75, 3.05) is 24.5 Å². The summed E-state index contributed by atoms with van der Waals surface area (Å²) >= 11 is 1.87. The molecule has 0 bridgehead atoms. The lowest BCUT2D eigenvalue weighted by atomic mass is 10.2. The molecule has 6 heteroatoms. The van der Waals surface area contributed by atoms with Gasteiger partial charge in [0.2, 0.25) is 0 Å². The van der Waals surface area contributed by atoms with Crippen molar-refractivity contribution in [1.82, 2.24) is 20.3 Å². The van der Waals surface area contributed by atoms with Crippen molar-refractivity contribution in [1.29, 1.82) is 0 Å². The summed E-state index contributed by atoms with van der Waals surface area (Å²) in [4.78, 5) is 15.7. The number of H-pyrrole nitrogens is 1. The summed E-state index contributed by atoms with van der Waals surface area (Å²) in [5.74, 6) is 1.58. The number of thiazole rings is 1. The minimum atomic E-state index is 0.508. The number of hydrogen-bond acceptors (Lipinski definition) is 5. The predicted molar refractivity (Wildman–Crippen MR) is 98.9 cm³/mol. The number of nitrogens with one attached hydrogen (secondary N) is 2. The first-order valence-corrected chi connectivity index (χ1v) is 9.54. The number of para-hydroxylation sites is 2. The van der Waals surface area contributed by atoms with Crippen LogP contribution in [0.2, 0.25) is 0 Å². The number of fused-ring (bicyclic) bond motifs is 1. The highest BCUT2D eigenvalue weighted by Gasteiger charge is 2.31. The lowest BCUT2D eigenvalue weighted by Crippen LogP contribution is -2.49. The highest BCUT2D eigenvalue weighted by Crippen LogP contribution is 2.47. The molecule has 0 radical (unpaired) electrons. The van der Waals surface area contributed by atoms with Crippen LogP contribution in [-0.2, 0) is 0 Å². The van der Waals surface area contributed by atoms with Crippen LogP contribution in [0.25, 0.3) is 22.6 Å². The molecule has 0 amide bonds. The summed E-state index contributed by atoms with van der Waals surface area (Å²) < 4.78 is 0. The van der Waals surface area contributed by atoms with Crippen molar-refractivity contribution in [3.63, 3.8) is 0 Å². The van der Waals surface area contributed by atoms with E-state index in [1.54, 1.807) is 0 Å². The van der Waals surface area contributed by atoms with E-state index in [4.69, 9.17) is 9.97 Å². The van der Waals surface area contributed by atoms with Gasteiger partial charge in [0.05, 0.1) is 16.0 Å². The Hall–Kier alpha value is -1.92. The van der Waals surface area contributed by atoms with E-state index < -0.39 is 0 Å². The van der Waals surface area contributed by atoms with E-state index in [1.165, 1.54) is 22.9 Å². The van der Waals surface area contributed by atoms with E-state index in [0.29, 0.717) is 12.0 Å². The Morgan fingerprint density at radius 1 is 1.21 bits per heavy atom. The molecule has 1 atom stereocenters. The molecule has 124 valence electrons. The van der Waals surface area contributed by atoms with E-state index in [1.807, 2.05) is 23.5 Å². The largest absolute Gasteiger partial charge is 0.359 e. The molecule has 2 N–H and O–H groups in total. The molecule has 1 aliphatic carbocycles. The molecule has 0 spiro atoms. The van der Waals surface area contributed by atoms with Gasteiger partial charge in [0, 0.05) is 31.6 Å². The van der Waals surface area contributed by atoms with Crippen LogP contribution in [0.1, 0.15) is 30.7 Å². The zero-order valence-corrected chi connectivity index (χ0v) is 14.6. The van der Waals surface area contributed by atoms with Gasteiger partial charge in [0.15, 0.2) is 5.82 Å². The number of rotatable bonds is 3. The monoisotopic (exact) mass is 339 g/mol. The summed E-state index contributed by atoms with van der Waals surface area (Å²) in [6.07, 6.45) is 2.56. The SMILES string of the molecule is CC1CN(c2sc(C3CC3)nc2-c2nc3ccccc3[nH]2)CCN1. The van der Waals surface area contributed by atoms with E-state index in [2.05, 4.69) is 34.3 Å². The maximum atomic E-state index is 5.00. The van der Waals surface area contributed by atoms with Gasteiger partial charge in [0.25, 0.3) is 0 Å². The molecular formula is C18H21N5S. The number of piperazine rings is 1. The zero-order valence-electron chi connectivity index (χ0n) is 13.7. The van der Waals surface area contributed by atoms with Crippen molar-refractivity contribution >= 4 is 27.4 Å². The molecule has 1 aliphatic heterocycles. The third kappa shape index (κ3) is 2.50. The second-order valence-corrected chi connectivity index (χ2v) is 7.89. The molecule has 1 saturated carbocycles. The fourth-order valence-corrected chi connectivity index (χ4v) is 4.65. The maximum Gasteiger partial charge on any atom is 0.160 e. The van der Waals surface area contributed by atoms with Gasteiger partial charge in [-0.15, -0.1) is 11.3 Å². The minimum absolute atomic E-state index is 0.508. The van der Waals surface area contributed by atoms with Gasteiger partial charge in [-0.2, -0.15) is 0 Å². The highest BCUT2D eigenvalue weighted by molar-refractivity contribution is 7.16. The van der Waals surface area contributed by atoms with E-state index in [9.17, 15) is 0 Å². The summed E-state index contributed by atoms with van der Waals surface area (Å²) in [7, 11) is 0. The molecule has 1 aromatic carbocycles. The van der Waals surface area contributed by atoms with Gasteiger partial charge < -0.3 is 15.2 Å². The number of aromatic nitrogens is 3. The molecular weight excluding hydrogens is 318 g/mol. The van der Waals surface area contributed by atoms with Crippen LogP contribution < -0.4 is 10.2 Å². The smallest absolute Gasteiger partial charge is 0.160 e. The Bertz CT molecular complexity index is 846. The standard InChI is InChI=1S/C18H21N5S/c1-11-10-23(9-8-19-11)18-15(22-17(24-18)12-6-7-12)16-20-13-4-2-3-5-14(13)21-16/h2-5,11-12,19H,6-10H2,1H3,(H,20,21). The molecule has 1 saturated heterocycles. The van der Waals surface area contributed by atoms with Crippen LogP contribution in [0.5, 0.6) is 0 Å². The average Bonchev–Trinajstić information content (AvgIpc) is 3.20. The summed E-state index contributed by atoms with van der Waals surface area (Å²) in [6, 6.07) is 8.71. The fraction of sp³-hybridized carbons (Fsp3) is 0.444. The van der Waals surface area contributed by atoms with Gasteiger partial charge in [-0.1, -0.05) is 12.1 Å². The Labute approximate surface area is 145 Å². The summed E-state index contributed by atoms with van der Waals surface area (Å²) in [5, 5.41) is 6.09. The molecule has 2 aromatic heterocycles. The number of hydrogen-bond donors (Lipinski definition) is 2. The minimum Gasteiger partial charge on any atom is -0.359 e. The van der Waals surface area contributed by atoms with Gasteiger partial charge in [-0.05, 0) is 31.9 Å². The molecule has 3 aromatic rings. The molecule has 1 unspecified atom stereocenters. The van der Waals surface area contributed by atoms with Crippen molar-refractivity contribution in [3.8, 4) is 11.5 Å². The number of aromatic amines is 1. The van der Waals surface area contributed by atoms with Gasteiger partial charge in [-0.25, -0.2) is 9.97 Å². The highest BCUT2D eigenvalue weighted by atomic mass is 32.1. The first-order chi connectivity index (χ1) is 11.8. The molecule has 24 heavy (non-hydrogen) atoms. The Balaban J connectivity index is 1.60. The quantitative estimate of drug-likeness (QED) is 0.768. The molecule has 2 fully saturated rings. The molecule has 5 nitrogen and oxygen atoms in total. The second-order valence-electron chi connectivity index (χ2n) is 6.88. The molecule has 2 aliphatic rings. The number of anilines is 1. The Morgan fingerprint density at radius 2 is 2.08 bits per heavy atom. The van der Waals surface area contributed by atoms with Crippen LogP contribution in [-0.4, -0.2) is 40.6 Å². The lowest BCUT2D eigenvalue weighted by molar-refractivity contribution is 0.486. The van der Waals surface area contributed by atoms with E-state index >= 15 is 0 Å². The zero-order chi connectivity index (χ0) is 16.1. The molecule has 5 rings (SSSR count). The van der Waals surface area contributed by atoms with Gasteiger partial charge in [-0.3, -0.25) is 0 Å². The Morgan fingerprint density at radius 3 is 2.88 bits per heavy atom. The third-order valence-corrected chi connectivity index (χ3v) is 6.10. The normalized spacial score (nSPS) is 21.5. The van der Waals surface area contributed by atoms with Gasteiger partial charge >= 0.3 is 0 Å². The number of benzene rings is 1. The number of nitrogens with zero attached hydrogens (tertiary/aromatic N) is 3. The topological polar surface area (TPSA) is 56.8 Å². The van der Waals surface area contributed by atoms with Crippen molar-refractivity contribution in [3.05, 3.63) is 29.3 Å². The van der Waals surface area contributed by atoms with Crippen LogP contribution in [0.4, 0.5) is 5.00 Å². The van der Waals surface area contributed by atoms with E-state index in [0.717, 1.165) is 42.2 Å². The Kier molecular flexibility index (Phi) is 3.35. The van der Waals surface area contributed by atoms with Crippen molar-refractivity contribution in [2.24, 2.45) is 0 Å². The lowest BCUT2D eigenvalue weighted by Gasteiger charge is -2.32. The second kappa shape index (κ2) is 5.57. The predicted octanol–water partition coefficient (Wildman–Crippen LogP) is 3.36. The summed E-state index contributed by atoms with van der Waals surface area (Å²) in [5.41, 5.74) is 3.12. The van der Waals surface area contributed by atoms with Crippen molar-refractivity contribution < 1.29 is 0 Å². The van der Waals surface area contributed by atoms with Crippen LogP contribution >= 0.6 is 11.3 Å². The fourth-order valence-electron chi connectivity index (χ4n) is 3.38. The molecule has 3 heterocycles. The first kappa shape index (κ1) is 14.4. The third-order valence-electron chi connectivity index (χ3n) is 4.82. The van der Waals surface area contributed by atoms with Crippen molar-refractivity contribution in [2.45, 2.75) is 31.7 Å². The van der Waals surface area contributed by atoms with Crippen LogP contribution in [0, 0.1) is 0 Å². The average molecular weight is 339 g/mol. The maximum absolute atomic E-state index is 5.00. The number of imidazole rings is 1. The van der Waals surface area contributed by atoms with Crippen LogP contribution in [0.15, 0.2) is 24.3 Å². The summed E-state index contributed by atoms with van der Waals surface area (Å²) in [6.45, 7) is 5.33. The first-order valence-electron chi connectivity index (χ1n) is 8.72.